The highest BCUT2D eigenvalue weighted by Crippen LogP contribution is 2.39. The van der Waals surface area contributed by atoms with Crippen LogP contribution in [0.4, 0.5) is 4.39 Å². The zero-order valence-corrected chi connectivity index (χ0v) is 12.9. The van der Waals surface area contributed by atoms with Crippen LogP contribution in [0.3, 0.4) is 0 Å². The van der Waals surface area contributed by atoms with E-state index in [2.05, 4.69) is 11.9 Å². The van der Waals surface area contributed by atoms with Crippen molar-refractivity contribution in [3.63, 3.8) is 0 Å². The number of piperidine rings is 1. The van der Waals surface area contributed by atoms with Crippen molar-refractivity contribution in [1.29, 1.82) is 0 Å². The first-order chi connectivity index (χ1) is 10.1. The molecule has 2 aliphatic rings. The van der Waals surface area contributed by atoms with Gasteiger partial charge in [-0.3, -0.25) is 4.79 Å². The molecule has 1 saturated carbocycles. The van der Waals surface area contributed by atoms with Crippen LogP contribution >= 0.6 is 11.6 Å². The third-order valence-corrected chi connectivity index (χ3v) is 5.34. The molecule has 1 aliphatic heterocycles. The smallest absolute Gasteiger partial charge is 0.257 e. The zero-order chi connectivity index (χ0) is 15.0. The van der Waals surface area contributed by atoms with Crippen LogP contribution in [0.15, 0.2) is 12.3 Å². The van der Waals surface area contributed by atoms with E-state index in [0.717, 1.165) is 32.0 Å². The van der Waals surface area contributed by atoms with Gasteiger partial charge in [-0.2, -0.15) is 0 Å². The van der Waals surface area contributed by atoms with Gasteiger partial charge in [0.25, 0.3) is 5.91 Å². The van der Waals surface area contributed by atoms with Crippen LogP contribution in [0, 0.1) is 17.7 Å². The van der Waals surface area contributed by atoms with Gasteiger partial charge in [0.05, 0.1) is 11.8 Å². The summed E-state index contributed by atoms with van der Waals surface area (Å²) in [4.78, 5) is 18.4. The molecule has 3 nitrogen and oxygen atoms in total. The molecule has 1 aromatic rings. The third-order valence-electron chi connectivity index (χ3n) is 5.04. The van der Waals surface area contributed by atoms with Crippen LogP contribution in [-0.4, -0.2) is 28.4 Å². The van der Waals surface area contributed by atoms with Crippen molar-refractivity contribution in [3.05, 3.63) is 28.8 Å². The lowest BCUT2D eigenvalue weighted by Gasteiger charge is -2.47. The van der Waals surface area contributed by atoms with Crippen LogP contribution in [0.2, 0.25) is 5.15 Å². The van der Waals surface area contributed by atoms with Crippen molar-refractivity contribution in [2.45, 2.75) is 45.1 Å². The van der Waals surface area contributed by atoms with Crippen LogP contribution in [0.1, 0.15) is 49.4 Å². The predicted molar refractivity (Wildman–Crippen MR) is 79.8 cm³/mol. The molecule has 1 amide bonds. The van der Waals surface area contributed by atoms with Gasteiger partial charge in [0, 0.05) is 12.6 Å². The van der Waals surface area contributed by atoms with Crippen LogP contribution in [0.5, 0.6) is 0 Å². The second-order valence-electron chi connectivity index (χ2n) is 6.27. The summed E-state index contributed by atoms with van der Waals surface area (Å²) in [6.45, 7) is 3.01. The summed E-state index contributed by atoms with van der Waals surface area (Å²) in [5.41, 5.74) is 0.190. The second-order valence-corrected chi connectivity index (χ2v) is 6.63. The molecule has 1 saturated heterocycles. The molecule has 0 spiro atoms. The van der Waals surface area contributed by atoms with E-state index in [-0.39, 0.29) is 22.7 Å². The number of hydrogen-bond acceptors (Lipinski definition) is 2. The Labute approximate surface area is 129 Å². The number of rotatable bonds is 1. The predicted octanol–water partition coefficient (Wildman–Crippen LogP) is 3.91. The normalized spacial score (nSPS) is 29.1. The van der Waals surface area contributed by atoms with Gasteiger partial charge >= 0.3 is 0 Å². The van der Waals surface area contributed by atoms with Crippen molar-refractivity contribution >= 4 is 17.5 Å². The summed E-state index contributed by atoms with van der Waals surface area (Å²) >= 11 is 5.99. The Balaban J connectivity index is 1.88. The molecular formula is C16H20ClFN2O. The average molecular weight is 311 g/mol. The van der Waals surface area contributed by atoms with E-state index in [0.29, 0.717) is 11.8 Å². The Morgan fingerprint density at radius 3 is 2.95 bits per heavy atom. The Morgan fingerprint density at radius 1 is 1.38 bits per heavy atom. The standard InChI is InChI=1S/C16H20ClFN2O/c1-10-6-7-20(14-5-3-2-4-12(10)14)16(21)13-8-11(18)9-19-15(13)17/h8-10,12,14H,2-7H2,1H3. The van der Waals surface area contributed by atoms with Gasteiger partial charge in [0.1, 0.15) is 11.0 Å². The van der Waals surface area contributed by atoms with E-state index < -0.39 is 5.82 Å². The number of halogens is 2. The van der Waals surface area contributed by atoms with Gasteiger partial charge in [-0.05, 0) is 37.2 Å². The first-order valence-corrected chi connectivity index (χ1v) is 8.07. The minimum atomic E-state index is -0.520. The van der Waals surface area contributed by atoms with E-state index in [4.69, 9.17) is 11.6 Å². The molecule has 3 rings (SSSR count). The summed E-state index contributed by atoms with van der Waals surface area (Å²) in [6.07, 6.45) is 6.68. The van der Waals surface area contributed by atoms with Crippen LogP contribution in [0.25, 0.3) is 0 Å². The summed E-state index contributed by atoms with van der Waals surface area (Å²) < 4.78 is 13.4. The molecule has 3 unspecified atom stereocenters. The monoisotopic (exact) mass is 310 g/mol. The number of carbonyl (C=O) groups is 1. The lowest BCUT2D eigenvalue weighted by molar-refractivity contribution is 0.0217. The fourth-order valence-corrected chi connectivity index (χ4v) is 4.08. The van der Waals surface area contributed by atoms with Gasteiger partial charge in [-0.15, -0.1) is 0 Å². The molecular weight excluding hydrogens is 291 g/mol. The van der Waals surface area contributed by atoms with E-state index in [1.165, 1.54) is 18.9 Å². The highest BCUT2D eigenvalue weighted by atomic mass is 35.5. The number of aromatic nitrogens is 1. The second kappa shape index (κ2) is 5.91. The number of pyridine rings is 1. The highest BCUT2D eigenvalue weighted by molar-refractivity contribution is 6.32. The summed E-state index contributed by atoms with van der Waals surface area (Å²) in [5, 5.41) is 0.0902. The number of amides is 1. The number of nitrogens with zero attached hydrogens (tertiary/aromatic N) is 2. The molecule has 1 aromatic heterocycles. The molecule has 5 heteroatoms. The minimum absolute atomic E-state index is 0.0902. The van der Waals surface area contributed by atoms with Crippen molar-refractivity contribution in [2.24, 2.45) is 11.8 Å². The Bertz CT molecular complexity index is 551. The molecule has 0 radical (unpaired) electrons. The van der Waals surface area contributed by atoms with Gasteiger partial charge < -0.3 is 4.90 Å². The molecule has 21 heavy (non-hydrogen) atoms. The van der Waals surface area contributed by atoms with Gasteiger partial charge in [-0.1, -0.05) is 31.4 Å². The Kier molecular flexibility index (Phi) is 4.16. The summed E-state index contributed by atoms with van der Waals surface area (Å²) in [5.74, 6) is 0.529. The quantitative estimate of drug-likeness (QED) is 0.737. The molecule has 3 atom stereocenters. The maximum absolute atomic E-state index is 13.4. The summed E-state index contributed by atoms with van der Waals surface area (Å²) in [6, 6.07) is 1.47. The first kappa shape index (κ1) is 14.8. The Morgan fingerprint density at radius 2 is 2.14 bits per heavy atom. The fourth-order valence-electron chi connectivity index (χ4n) is 3.89. The largest absolute Gasteiger partial charge is 0.335 e. The fraction of sp³-hybridized carbons (Fsp3) is 0.625. The minimum Gasteiger partial charge on any atom is -0.335 e. The summed E-state index contributed by atoms with van der Waals surface area (Å²) in [7, 11) is 0. The van der Waals surface area contributed by atoms with Gasteiger partial charge in [-0.25, -0.2) is 9.37 Å². The van der Waals surface area contributed by atoms with Crippen molar-refractivity contribution in [3.8, 4) is 0 Å². The Hall–Kier alpha value is -1.16. The molecule has 0 N–H and O–H groups in total. The van der Waals surface area contributed by atoms with Crippen molar-refractivity contribution < 1.29 is 9.18 Å². The third kappa shape index (κ3) is 2.78. The van der Waals surface area contributed by atoms with Crippen LogP contribution in [-0.2, 0) is 0 Å². The van der Waals surface area contributed by atoms with E-state index >= 15 is 0 Å². The lowest BCUT2D eigenvalue weighted by Crippen LogP contribution is -2.52. The zero-order valence-electron chi connectivity index (χ0n) is 12.2. The number of carbonyl (C=O) groups excluding carboxylic acids is 1. The maximum atomic E-state index is 13.4. The van der Waals surface area contributed by atoms with Crippen molar-refractivity contribution in [1.82, 2.24) is 9.88 Å². The van der Waals surface area contributed by atoms with E-state index in [1.54, 1.807) is 0 Å². The van der Waals surface area contributed by atoms with E-state index in [1.807, 2.05) is 4.90 Å². The van der Waals surface area contributed by atoms with Gasteiger partial charge in [0.15, 0.2) is 0 Å². The average Bonchev–Trinajstić information content (AvgIpc) is 2.50. The van der Waals surface area contributed by atoms with Crippen LogP contribution < -0.4 is 0 Å². The maximum Gasteiger partial charge on any atom is 0.257 e. The SMILES string of the molecule is CC1CCN(C(=O)c2cc(F)cnc2Cl)C2CCCCC12. The number of likely N-dealkylation sites (tertiary alicyclic amines) is 1. The molecule has 0 aromatic carbocycles. The number of hydrogen-bond donors (Lipinski definition) is 0. The van der Waals surface area contributed by atoms with Gasteiger partial charge in [0.2, 0.25) is 0 Å². The lowest BCUT2D eigenvalue weighted by atomic mass is 9.72. The van der Waals surface area contributed by atoms with Crippen molar-refractivity contribution in [2.75, 3.05) is 6.54 Å². The number of fused-ring (bicyclic) bond motifs is 1. The first-order valence-electron chi connectivity index (χ1n) is 7.70. The molecule has 114 valence electrons. The topological polar surface area (TPSA) is 33.2 Å². The molecule has 2 heterocycles. The molecule has 2 fully saturated rings. The highest BCUT2D eigenvalue weighted by Gasteiger charge is 2.40. The van der Waals surface area contributed by atoms with E-state index in [9.17, 15) is 9.18 Å². The molecule has 1 aliphatic carbocycles. The molecule has 0 bridgehead atoms.